The van der Waals surface area contributed by atoms with Crippen LogP contribution in [0.5, 0.6) is 0 Å². The van der Waals surface area contributed by atoms with Gasteiger partial charge >= 0.3 is 0 Å². The van der Waals surface area contributed by atoms with E-state index in [1.165, 1.54) is 5.56 Å². The Morgan fingerprint density at radius 1 is 1.24 bits per heavy atom. The third-order valence-electron chi connectivity index (χ3n) is 4.08. The molecule has 0 bridgehead atoms. The van der Waals surface area contributed by atoms with Gasteiger partial charge in [0.15, 0.2) is 0 Å². The molecule has 0 unspecified atom stereocenters. The lowest BCUT2D eigenvalue weighted by molar-refractivity contribution is -0.116. The van der Waals surface area contributed by atoms with Crippen molar-refractivity contribution in [2.75, 3.05) is 5.32 Å². The standard InChI is InChI=1S/C20H21N3OS/c1-3-15-7-4-6-14(2)20(15)23-18(24)9-10-19-22-17(13-25-19)16-8-5-11-21-12-16/h4-8,11-13H,3,9-10H2,1-2H3,(H,23,24). The summed E-state index contributed by atoms with van der Waals surface area (Å²) in [6.45, 7) is 4.12. The maximum atomic E-state index is 12.3. The molecule has 25 heavy (non-hydrogen) atoms. The van der Waals surface area contributed by atoms with Crippen LogP contribution in [0, 0.1) is 6.92 Å². The van der Waals surface area contributed by atoms with Crippen LogP contribution in [0.3, 0.4) is 0 Å². The van der Waals surface area contributed by atoms with Gasteiger partial charge in [0, 0.05) is 41.9 Å². The molecule has 5 heteroatoms. The van der Waals surface area contributed by atoms with Gasteiger partial charge in [0.1, 0.15) is 0 Å². The molecule has 2 aromatic heterocycles. The van der Waals surface area contributed by atoms with Crippen LogP contribution in [0.1, 0.15) is 29.5 Å². The summed E-state index contributed by atoms with van der Waals surface area (Å²) in [4.78, 5) is 21.1. The van der Waals surface area contributed by atoms with Gasteiger partial charge in [-0.1, -0.05) is 25.1 Å². The SMILES string of the molecule is CCc1cccc(C)c1NC(=O)CCc1nc(-c2cccnc2)cs1. The van der Waals surface area contributed by atoms with E-state index in [1.807, 2.05) is 36.6 Å². The predicted molar refractivity (Wildman–Crippen MR) is 103 cm³/mol. The van der Waals surface area contributed by atoms with Crippen molar-refractivity contribution in [1.29, 1.82) is 0 Å². The van der Waals surface area contributed by atoms with Crippen LogP contribution in [0.15, 0.2) is 48.1 Å². The van der Waals surface area contributed by atoms with E-state index in [1.54, 1.807) is 23.7 Å². The minimum Gasteiger partial charge on any atom is -0.326 e. The number of para-hydroxylation sites is 1. The first kappa shape index (κ1) is 17.3. The van der Waals surface area contributed by atoms with Gasteiger partial charge in [0.25, 0.3) is 0 Å². The van der Waals surface area contributed by atoms with Gasteiger partial charge in [0.05, 0.1) is 10.7 Å². The summed E-state index contributed by atoms with van der Waals surface area (Å²) in [6, 6.07) is 10.00. The van der Waals surface area contributed by atoms with Crippen molar-refractivity contribution in [2.45, 2.75) is 33.1 Å². The molecule has 3 aromatic rings. The van der Waals surface area contributed by atoms with Crippen LogP contribution in [-0.2, 0) is 17.6 Å². The van der Waals surface area contributed by atoms with Crippen LogP contribution in [0.4, 0.5) is 5.69 Å². The van der Waals surface area contributed by atoms with Crippen molar-refractivity contribution < 1.29 is 4.79 Å². The number of benzene rings is 1. The maximum Gasteiger partial charge on any atom is 0.224 e. The second kappa shape index (κ2) is 8.03. The zero-order valence-electron chi connectivity index (χ0n) is 14.5. The fourth-order valence-corrected chi connectivity index (χ4v) is 3.50. The van der Waals surface area contributed by atoms with Gasteiger partial charge in [-0.2, -0.15) is 0 Å². The van der Waals surface area contributed by atoms with Gasteiger partial charge in [-0.3, -0.25) is 9.78 Å². The summed E-state index contributed by atoms with van der Waals surface area (Å²) < 4.78 is 0. The summed E-state index contributed by atoms with van der Waals surface area (Å²) in [5, 5.41) is 6.05. The van der Waals surface area contributed by atoms with Crippen molar-refractivity contribution in [3.63, 3.8) is 0 Å². The highest BCUT2D eigenvalue weighted by molar-refractivity contribution is 7.09. The van der Waals surface area contributed by atoms with Gasteiger partial charge in [-0.25, -0.2) is 4.98 Å². The van der Waals surface area contributed by atoms with Crippen LogP contribution >= 0.6 is 11.3 Å². The Morgan fingerprint density at radius 3 is 2.88 bits per heavy atom. The largest absolute Gasteiger partial charge is 0.326 e. The molecular weight excluding hydrogens is 330 g/mol. The van der Waals surface area contributed by atoms with E-state index in [0.29, 0.717) is 12.8 Å². The number of nitrogens with one attached hydrogen (secondary N) is 1. The monoisotopic (exact) mass is 351 g/mol. The average Bonchev–Trinajstić information content (AvgIpc) is 3.11. The number of aryl methyl sites for hydroxylation is 3. The number of anilines is 1. The van der Waals surface area contributed by atoms with E-state index in [-0.39, 0.29) is 5.91 Å². The lowest BCUT2D eigenvalue weighted by Crippen LogP contribution is -2.14. The number of hydrogen-bond acceptors (Lipinski definition) is 4. The highest BCUT2D eigenvalue weighted by Crippen LogP contribution is 2.23. The quantitative estimate of drug-likeness (QED) is 0.703. The van der Waals surface area contributed by atoms with Gasteiger partial charge in [-0.05, 0) is 36.6 Å². The number of thiazole rings is 1. The number of carbonyl (C=O) groups excluding carboxylic acids is 1. The van der Waals surface area contributed by atoms with Crippen LogP contribution in [-0.4, -0.2) is 15.9 Å². The molecule has 1 aromatic carbocycles. The molecule has 1 N–H and O–H groups in total. The first-order valence-electron chi connectivity index (χ1n) is 8.40. The number of nitrogens with zero attached hydrogens (tertiary/aromatic N) is 2. The Bertz CT molecular complexity index is 858. The van der Waals surface area contributed by atoms with Crippen molar-refractivity contribution in [1.82, 2.24) is 9.97 Å². The van der Waals surface area contributed by atoms with E-state index in [2.05, 4.69) is 28.3 Å². The Hall–Kier alpha value is -2.53. The Kier molecular flexibility index (Phi) is 5.56. The van der Waals surface area contributed by atoms with Crippen molar-refractivity contribution in [3.8, 4) is 11.3 Å². The van der Waals surface area contributed by atoms with E-state index in [9.17, 15) is 4.79 Å². The number of hydrogen-bond donors (Lipinski definition) is 1. The second-order valence-electron chi connectivity index (χ2n) is 5.88. The summed E-state index contributed by atoms with van der Waals surface area (Å²) in [5.41, 5.74) is 5.13. The Morgan fingerprint density at radius 2 is 2.12 bits per heavy atom. The molecule has 0 aliphatic rings. The molecule has 2 heterocycles. The van der Waals surface area contributed by atoms with E-state index in [0.717, 1.165) is 33.9 Å². The van der Waals surface area contributed by atoms with Crippen LogP contribution in [0.2, 0.25) is 0 Å². The molecule has 128 valence electrons. The normalized spacial score (nSPS) is 10.6. The van der Waals surface area contributed by atoms with Crippen molar-refractivity contribution in [3.05, 3.63) is 64.2 Å². The highest BCUT2D eigenvalue weighted by Gasteiger charge is 2.11. The number of carbonyl (C=O) groups is 1. The zero-order chi connectivity index (χ0) is 17.6. The third-order valence-corrected chi connectivity index (χ3v) is 4.99. The van der Waals surface area contributed by atoms with E-state index in [4.69, 9.17) is 0 Å². The minimum absolute atomic E-state index is 0.0297. The fourth-order valence-electron chi connectivity index (χ4n) is 2.70. The molecule has 0 fully saturated rings. The molecule has 0 saturated carbocycles. The molecule has 0 aliphatic heterocycles. The van der Waals surface area contributed by atoms with Gasteiger partial charge in [0.2, 0.25) is 5.91 Å². The smallest absolute Gasteiger partial charge is 0.224 e. The molecule has 0 saturated heterocycles. The Balaban J connectivity index is 1.61. The number of rotatable bonds is 6. The first-order chi connectivity index (χ1) is 12.2. The van der Waals surface area contributed by atoms with Gasteiger partial charge in [-0.15, -0.1) is 11.3 Å². The Labute approximate surface area is 152 Å². The summed E-state index contributed by atoms with van der Waals surface area (Å²) >= 11 is 1.58. The second-order valence-corrected chi connectivity index (χ2v) is 6.82. The fraction of sp³-hybridized carbons (Fsp3) is 0.250. The molecule has 0 spiro atoms. The van der Waals surface area contributed by atoms with Crippen LogP contribution in [0.25, 0.3) is 11.3 Å². The van der Waals surface area contributed by atoms with Crippen molar-refractivity contribution >= 4 is 22.9 Å². The molecule has 3 rings (SSSR count). The lowest BCUT2D eigenvalue weighted by atomic mass is 10.1. The molecule has 1 amide bonds. The van der Waals surface area contributed by atoms with Crippen LogP contribution < -0.4 is 5.32 Å². The molecule has 0 atom stereocenters. The van der Waals surface area contributed by atoms with Gasteiger partial charge < -0.3 is 5.32 Å². The number of pyridine rings is 1. The summed E-state index contributed by atoms with van der Waals surface area (Å²) in [6.07, 6.45) is 5.52. The third kappa shape index (κ3) is 4.31. The summed E-state index contributed by atoms with van der Waals surface area (Å²) in [7, 11) is 0. The first-order valence-corrected chi connectivity index (χ1v) is 9.28. The number of amides is 1. The zero-order valence-corrected chi connectivity index (χ0v) is 15.3. The average molecular weight is 351 g/mol. The predicted octanol–water partition coefficient (Wildman–Crippen LogP) is 4.65. The summed E-state index contributed by atoms with van der Waals surface area (Å²) in [5.74, 6) is 0.0297. The van der Waals surface area contributed by atoms with E-state index >= 15 is 0 Å². The highest BCUT2D eigenvalue weighted by atomic mass is 32.1. The molecule has 0 radical (unpaired) electrons. The minimum atomic E-state index is 0.0297. The topological polar surface area (TPSA) is 54.9 Å². The molecule has 4 nitrogen and oxygen atoms in total. The lowest BCUT2D eigenvalue weighted by Gasteiger charge is -2.12. The van der Waals surface area contributed by atoms with E-state index < -0.39 is 0 Å². The molecular formula is C20H21N3OS. The molecule has 0 aliphatic carbocycles. The van der Waals surface area contributed by atoms with Crippen molar-refractivity contribution in [2.24, 2.45) is 0 Å². The maximum absolute atomic E-state index is 12.3. The number of aromatic nitrogens is 2.